The van der Waals surface area contributed by atoms with Gasteiger partial charge in [-0.1, -0.05) is 36.4 Å². The number of aromatic carboxylic acids is 1. The van der Waals surface area contributed by atoms with Gasteiger partial charge in [-0.3, -0.25) is 4.79 Å². The summed E-state index contributed by atoms with van der Waals surface area (Å²) in [5.41, 5.74) is 1.72. The highest BCUT2D eigenvalue weighted by Gasteiger charge is 2.37. The second-order valence-electron chi connectivity index (χ2n) is 7.93. The van der Waals surface area contributed by atoms with E-state index in [9.17, 15) is 19.7 Å². The number of amides is 1. The Morgan fingerprint density at radius 3 is 2.69 bits per heavy atom. The average molecular weight is 456 g/mol. The van der Waals surface area contributed by atoms with Crippen LogP contribution < -0.4 is 14.7 Å². The molecule has 0 aliphatic carbocycles. The Labute approximate surface area is 192 Å². The molecule has 2 aromatic rings. The van der Waals surface area contributed by atoms with Crippen molar-refractivity contribution < 1.29 is 29.1 Å². The second-order valence-corrected chi connectivity index (χ2v) is 8.29. The minimum atomic E-state index is -1.18. The fraction of sp³-hybridized carbons (Fsp3) is 0.364. The third-order valence-corrected chi connectivity index (χ3v) is 6.02. The normalized spacial score (nSPS) is 16.6. The predicted octanol–water partition coefficient (Wildman–Crippen LogP) is 1.48. The van der Waals surface area contributed by atoms with E-state index in [1.165, 1.54) is 0 Å². The quantitative estimate of drug-likeness (QED) is 0.352. The first kappa shape index (κ1) is 22.5. The van der Waals surface area contributed by atoms with Gasteiger partial charge in [0.1, 0.15) is 23.2 Å². The van der Waals surface area contributed by atoms with E-state index in [1.807, 2.05) is 30.3 Å². The number of carboxylic acid groups (broad SMARTS) is 1. The Hall–Kier alpha value is -2.69. The van der Waals surface area contributed by atoms with Gasteiger partial charge in [-0.2, -0.15) is 12.6 Å². The molecule has 1 fully saturated rings. The van der Waals surface area contributed by atoms with Gasteiger partial charge in [-0.25, -0.2) is 4.79 Å². The molecule has 0 aromatic heterocycles. The molecular formula is C22H25BN2O6S. The molecule has 2 aromatic carbocycles. The summed E-state index contributed by atoms with van der Waals surface area (Å²) in [6.45, 7) is 1.28. The number of fused-ring (bicyclic) bond motifs is 1. The van der Waals surface area contributed by atoms with Gasteiger partial charge in [0, 0.05) is 12.3 Å². The number of carboxylic acids is 1. The smallest absolute Gasteiger partial charge is 0.522 e. The topological polar surface area (TPSA) is 108 Å². The van der Waals surface area contributed by atoms with Crippen molar-refractivity contribution >= 4 is 31.6 Å². The molecule has 1 atom stereocenters. The Kier molecular flexibility index (Phi) is 6.93. The fourth-order valence-corrected chi connectivity index (χ4v) is 4.16. The number of thiol groups is 1. The number of hydrogen-bond acceptors (Lipinski definition) is 7. The van der Waals surface area contributed by atoms with Crippen molar-refractivity contribution in [3.05, 3.63) is 59.2 Å². The largest absolute Gasteiger partial charge is 0.535 e. The maximum Gasteiger partial charge on any atom is 0.522 e. The summed E-state index contributed by atoms with van der Waals surface area (Å²) in [6.07, 6.45) is 0.624. The molecule has 2 aliphatic rings. The lowest BCUT2D eigenvalue weighted by atomic mass is 9.78. The van der Waals surface area contributed by atoms with Crippen LogP contribution in [0.25, 0.3) is 0 Å². The molecule has 8 nitrogen and oxygen atoms in total. The molecule has 2 aliphatic heterocycles. The first-order chi connectivity index (χ1) is 15.5. The van der Waals surface area contributed by atoms with Crippen LogP contribution in [0.15, 0.2) is 42.5 Å². The minimum absolute atomic E-state index is 0.0638. The highest BCUT2D eigenvalue weighted by atomic mass is 32.1. The van der Waals surface area contributed by atoms with Crippen molar-refractivity contribution in [2.45, 2.75) is 31.4 Å². The number of nitrogens with one attached hydrogen (secondary N) is 1. The third-order valence-electron chi connectivity index (χ3n) is 5.66. The first-order valence-corrected chi connectivity index (χ1v) is 11.2. The van der Waals surface area contributed by atoms with Crippen LogP contribution in [-0.4, -0.2) is 65.0 Å². The number of carbonyl (C=O) groups is 2. The molecule has 2 heterocycles. The number of nitrogens with zero attached hydrogens (tertiary/aromatic N) is 1. The summed E-state index contributed by atoms with van der Waals surface area (Å²) in [5, 5.41) is 22.7. The van der Waals surface area contributed by atoms with E-state index in [0.717, 1.165) is 11.1 Å². The van der Waals surface area contributed by atoms with Gasteiger partial charge in [-0.15, -0.1) is 0 Å². The molecule has 3 N–H and O–H groups in total. The summed E-state index contributed by atoms with van der Waals surface area (Å²) < 4.78 is 11.3. The third kappa shape index (κ3) is 4.87. The number of aryl methyl sites for hydroxylation is 1. The van der Waals surface area contributed by atoms with Gasteiger partial charge in [0.15, 0.2) is 0 Å². The van der Waals surface area contributed by atoms with E-state index in [2.05, 4.69) is 17.9 Å². The Balaban J connectivity index is 1.36. The summed E-state index contributed by atoms with van der Waals surface area (Å²) in [5.74, 6) is -0.553. The van der Waals surface area contributed by atoms with Gasteiger partial charge in [0.2, 0.25) is 5.91 Å². The SMILES string of the molecule is O=C(O)c1c(OC2CN(C(=O)[C@@H](CS)NCc3ccccc3)C2)ccc2c1OB(O)CC2. The number of likely N-dealkylation sites (tertiary alicyclic amines) is 1. The standard InChI is InChI=1S/C22H25BN2O6S/c26-21(17(13-32)24-10-14-4-2-1-3-5-14)25-11-16(12-25)30-18-7-6-15-8-9-23(29)31-20(15)19(18)22(27)28/h1-7,16-17,24,29,32H,8-13H2,(H,27,28)/t17-/m1/s1. The number of ether oxygens (including phenoxy) is 1. The Morgan fingerprint density at radius 2 is 2.00 bits per heavy atom. The predicted molar refractivity (Wildman–Crippen MR) is 122 cm³/mol. The zero-order valence-corrected chi connectivity index (χ0v) is 18.3. The van der Waals surface area contributed by atoms with Crippen LogP contribution in [0.4, 0.5) is 0 Å². The lowest BCUT2D eigenvalue weighted by Crippen LogP contribution is -2.60. The summed E-state index contributed by atoms with van der Waals surface area (Å²) in [7, 11) is -1.03. The maximum atomic E-state index is 12.8. The molecule has 32 heavy (non-hydrogen) atoms. The van der Waals surface area contributed by atoms with Gasteiger partial charge in [0.25, 0.3) is 0 Å². The second kappa shape index (κ2) is 9.85. The summed E-state index contributed by atoms with van der Waals surface area (Å²) in [4.78, 5) is 26.3. The van der Waals surface area contributed by atoms with Crippen molar-refractivity contribution in [2.24, 2.45) is 0 Å². The van der Waals surface area contributed by atoms with Crippen LogP contribution in [0, 0.1) is 0 Å². The molecule has 4 rings (SSSR count). The van der Waals surface area contributed by atoms with Crippen molar-refractivity contribution in [3.63, 3.8) is 0 Å². The minimum Gasteiger partial charge on any atom is -0.535 e. The lowest BCUT2D eigenvalue weighted by molar-refractivity contribution is -0.141. The highest BCUT2D eigenvalue weighted by molar-refractivity contribution is 7.80. The molecule has 0 unspecified atom stereocenters. The fourth-order valence-electron chi connectivity index (χ4n) is 3.87. The number of rotatable bonds is 8. The van der Waals surface area contributed by atoms with Crippen LogP contribution in [0.3, 0.4) is 0 Å². The lowest BCUT2D eigenvalue weighted by Gasteiger charge is -2.41. The summed E-state index contributed by atoms with van der Waals surface area (Å²) in [6, 6.07) is 12.8. The van der Waals surface area contributed by atoms with Gasteiger partial charge < -0.3 is 29.7 Å². The van der Waals surface area contributed by atoms with Crippen LogP contribution in [-0.2, 0) is 17.8 Å². The molecule has 0 radical (unpaired) electrons. The zero-order valence-electron chi connectivity index (χ0n) is 17.4. The van der Waals surface area contributed by atoms with Crippen LogP contribution in [0.1, 0.15) is 21.5 Å². The van der Waals surface area contributed by atoms with E-state index in [0.29, 0.717) is 38.1 Å². The van der Waals surface area contributed by atoms with Crippen molar-refractivity contribution in [1.82, 2.24) is 10.2 Å². The van der Waals surface area contributed by atoms with Crippen molar-refractivity contribution in [3.8, 4) is 11.5 Å². The number of benzene rings is 2. The van der Waals surface area contributed by atoms with Crippen LogP contribution in [0.2, 0.25) is 6.32 Å². The molecule has 10 heteroatoms. The van der Waals surface area contributed by atoms with Gasteiger partial charge >= 0.3 is 13.1 Å². The average Bonchev–Trinajstić information content (AvgIpc) is 2.76. The van der Waals surface area contributed by atoms with E-state index in [-0.39, 0.29) is 29.1 Å². The molecule has 0 spiro atoms. The van der Waals surface area contributed by atoms with E-state index >= 15 is 0 Å². The molecule has 0 saturated carbocycles. The number of carbonyl (C=O) groups excluding carboxylic acids is 1. The number of hydrogen-bond donors (Lipinski definition) is 4. The van der Waals surface area contributed by atoms with Crippen LogP contribution >= 0.6 is 12.6 Å². The molecule has 168 valence electrons. The molecule has 1 saturated heterocycles. The van der Waals surface area contributed by atoms with Gasteiger partial charge in [-0.05, 0) is 29.9 Å². The van der Waals surface area contributed by atoms with Crippen molar-refractivity contribution in [1.29, 1.82) is 0 Å². The van der Waals surface area contributed by atoms with E-state index in [1.54, 1.807) is 17.0 Å². The van der Waals surface area contributed by atoms with E-state index in [4.69, 9.17) is 9.39 Å². The van der Waals surface area contributed by atoms with Crippen molar-refractivity contribution in [2.75, 3.05) is 18.8 Å². The molecule has 1 amide bonds. The highest BCUT2D eigenvalue weighted by Crippen LogP contribution is 2.37. The monoisotopic (exact) mass is 456 g/mol. The Morgan fingerprint density at radius 1 is 1.25 bits per heavy atom. The van der Waals surface area contributed by atoms with E-state index < -0.39 is 19.1 Å². The molecule has 0 bridgehead atoms. The van der Waals surface area contributed by atoms with Crippen LogP contribution in [0.5, 0.6) is 11.5 Å². The van der Waals surface area contributed by atoms with Gasteiger partial charge in [0.05, 0.1) is 19.1 Å². The first-order valence-electron chi connectivity index (χ1n) is 10.5. The maximum absolute atomic E-state index is 12.8. The zero-order chi connectivity index (χ0) is 22.7. The summed E-state index contributed by atoms with van der Waals surface area (Å²) >= 11 is 4.31. The Bertz CT molecular complexity index is 986. The molecular weight excluding hydrogens is 431 g/mol.